The molecule has 144 valence electrons. The van der Waals surface area contributed by atoms with E-state index in [1.807, 2.05) is 0 Å². The van der Waals surface area contributed by atoms with Gasteiger partial charge >= 0.3 is 5.97 Å². The third-order valence-electron chi connectivity index (χ3n) is 3.90. The number of ether oxygens (including phenoxy) is 2. The summed E-state index contributed by atoms with van der Waals surface area (Å²) < 4.78 is 42.7. The van der Waals surface area contributed by atoms with Gasteiger partial charge in [0.15, 0.2) is 0 Å². The summed E-state index contributed by atoms with van der Waals surface area (Å²) in [6.07, 6.45) is 0.752. The summed E-state index contributed by atoms with van der Waals surface area (Å²) in [4.78, 5) is 11.4. The Morgan fingerprint density at radius 1 is 1.35 bits per heavy atom. The molecular weight excluding hydrogens is 378 g/mol. The third-order valence-corrected chi connectivity index (χ3v) is 5.23. The summed E-state index contributed by atoms with van der Waals surface area (Å²) in [5, 5.41) is 9.13. The van der Waals surface area contributed by atoms with Gasteiger partial charge in [0.05, 0.1) is 23.0 Å². The van der Waals surface area contributed by atoms with E-state index >= 15 is 0 Å². The third kappa shape index (κ3) is 7.33. The molecule has 1 rings (SSSR count). The van der Waals surface area contributed by atoms with Gasteiger partial charge < -0.3 is 14.0 Å². The van der Waals surface area contributed by atoms with Crippen LogP contribution in [0.5, 0.6) is 0 Å². The Hall–Kier alpha value is -1.60. The van der Waals surface area contributed by atoms with Crippen LogP contribution in [0, 0.1) is 16.7 Å². The van der Waals surface area contributed by atoms with Gasteiger partial charge in [0, 0.05) is 18.8 Å². The first-order valence-corrected chi connectivity index (χ1v) is 9.83. The number of rotatable bonds is 10. The van der Waals surface area contributed by atoms with Crippen molar-refractivity contribution >= 4 is 28.7 Å². The van der Waals surface area contributed by atoms with Gasteiger partial charge in [-0.1, -0.05) is 12.1 Å². The zero-order chi connectivity index (χ0) is 19.8. The molecule has 0 aliphatic heterocycles. The second-order valence-electron chi connectivity index (χ2n) is 6.13. The Kier molecular flexibility index (Phi) is 8.56. The first kappa shape index (κ1) is 22.4. The van der Waals surface area contributed by atoms with E-state index < -0.39 is 21.5 Å². The van der Waals surface area contributed by atoms with Crippen LogP contribution in [0.2, 0.25) is 0 Å². The van der Waals surface area contributed by atoms with E-state index in [0.29, 0.717) is 25.0 Å². The van der Waals surface area contributed by atoms with Crippen LogP contribution >= 0.6 is 12.6 Å². The average molecular weight is 400 g/mol. The summed E-state index contributed by atoms with van der Waals surface area (Å²) in [6, 6.07) is 7.65. The fourth-order valence-corrected chi connectivity index (χ4v) is 3.34. The predicted molar refractivity (Wildman–Crippen MR) is 96.5 cm³/mol. The Balaban J connectivity index is 2.67. The van der Waals surface area contributed by atoms with Crippen LogP contribution in [-0.4, -0.2) is 39.3 Å². The van der Waals surface area contributed by atoms with Crippen molar-refractivity contribution in [3.05, 3.63) is 29.8 Å². The molecule has 9 heteroatoms. The lowest BCUT2D eigenvalue weighted by Gasteiger charge is -2.25. The molecule has 1 aromatic carbocycles. The van der Waals surface area contributed by atoms with Crippen molar-refractivity contribution in [3.8, 4) is 6.07 Å². The van der Waals surface area contributed by atoms with Crippen molar-refractivity contribution in [3.63, 3.8) is 0 Å². The Morgan fingerprint density at radius 3 is 2.46 bits per heavy atom. The summed E-state index contributed by atoms with van der Waals surface area (Å²) in [5.74, 6) is -0.399. The molecule has 0 saturated carbocycles. The lowest BCUT2D eigenvalue weighted by molar-refractivity contribution is -0.145. The largest absolute Gasteiger partial charge is 0.744 e. The standard InChI is InChI=1S/C17H23NO6S2/c1-17(12-18,8-7-16(19)24-10-9-23-2)11-15(25)13-3-5-14(6-4-13)26(20,21)22/h3-6,15,25H,7-11H2,1-2H3,(H,20,21,22)/p-1. The molecular formula is C17H22NO6S2-. The quantitative estimate of drug-likeness (QED) is 0.277. The molecule has 2 unspecified atom stereocenters. The monoisotopic (exact) mass is 400 g/mol. The Labute approximate surface area is 159 Å². The van der Waals surface area contributed by atoms with Gasteiger partial charge in [-0.15, -0.1) is 0 Å². The van der Waals surface area contributed by atoms with E-state index in [1.54, 1.807) is 6.92 Å². The lowest BCUT2D eigenvalue weighted by Crippen LogP contribution is -2.19. The molecule has 0 aromatic heterocycles. The maximum atomic E-state index is 11.7. The normalized spacial score (nSPS) is 14.9. The molecule has 0 fully saturated rings. The number of carbonyl (C=O) groups is 1. The number of esters is 1. The van der Waals surface area contributed by atoms with Crippen LogP contribution in [0.4, 0.5) is 0 Å². The number of carbonyl (C=O) groups excluding carboxylic acids is 1. The summed E-state index contributed by atoms with van der Waals surface area (Å²) in [6.45, 7) is 2.22. The second-order valence-corrected chi connectivity index (χ2v) is 8.13. The van der Waals surface area contributed by atoms with Crippen molar-refractivity contribution in [2.75, 3.05) is 20.3 Å². The van der Waals surface area contributed by atoms with Gasteiger partial charge in [-0.25, -0.2) is 8.42 Å². The minimum atomic E-state index is -4.50. The highest BCUT2D eigenvalue weighted by atomic mass is 32.2. The van der Waals surface area contributed by atoms with E-state index in [2.05, 4.69) is 18.7 Å². The minimum Gasteiger partial charge on any atom is -0.744 e. The van der Waals surface area contributed by atoms with E-state index in [0.717, 1.165) is 0 Å². The predicted octanol–water partition coefficient (Wildman–Crippen LogP) is 2.45. The first-order chi connectivity index (χ1) is 12.1. The van der Waals surface area contributed by atoms with Crippen molar-refractivity contribution in [2.45, 2.75) is 36.3 Å². The number of thiol groups is 1. The fourth-order valence-electron chi connectivity index (χ4n) is 2.29. The number of nitrogens with zero attached hydrogens (tertiary/aromatic N) is 1. The van der Waals surface area contributed by atoms with E-state index in [-0.39, 0.29) is 23.2 Å². The molecule has 2 atom stereocenters. The molecule has 0 spiro atoms. The molecule has 26 heavy (non-hydrogen) atoms. The van der Waals surface area contributed by atoms with Crippen molar-refractivity contribution in [1.82, 2.24) is 0 Å². The van der Waals surface area contributed by atoms with Gasteiger partial charge in [0.2, 0.25) is 0 Å². The molecule has 1 aromatic rings. The number of benzene rings is 1. The van der Waals surface area contributed by atoms with Crippen LogP contribution in [-0.2, 0) is 24.4 Å². The number of hydrogen-bond acceptors (Lipinski definition) is 8. The SMILES string of the molecule is COCCOC(=O)CCC(C)(C#N)CC(S)c1ccc(S(=O)(=O)[O-])cc1. The number of hydrogen-bond donors (Lipinski definition) is 1. The maximum Gasteiger partial charge on any atom is 0.305 e. The summed E-state index contributed by atoms with van der Waals surface area (Å²) in [5.41, 5.74) is -0.124. The van der Waals surface area contributed by atoms with Gasteiger partial charge in [0.1, 0.15) is 16.7 Å². The molecule has 0 aliphatic rings. The highest BCUT2D eigenvalue weighted by molar-refractivity contribution is 7.85. The highest BCUT2D eigenvalue weighted by Crippen LogP contribution is 2.37. The van der Waals surface area contributed by atoms with E-state index in [9.17, 15) is 23.0 Å². The molecule has 0 N–H and O–H groups in total. The highest BCUT2D eigenvalue weighted by Gasteiger charge is 2.28. The second kappa shape index (κ2) is 9.92. The van der Waals surface area contributed by atoms with Crippen LogP contribution in [0.15, 0.2) is 29.2 Å². The Morgan fingerprint density at radius 2 is 1.96 bits per heavy atom. The molecule has 0 aliphatic carbocycles. The van der Waals surface area contributed by atoms with Gasteiger partial charge in [-0.3, -0.25) is 4.79 Å². The van der Waals surface area contributed by atoms with Crippen molar-refractivity contribution in [2.24, 2.45) is 5.41 Å². The molecule has 0 radical (unpaired) electrons. The Bertz CT molecular complexity index is 742. The maximum absolute atomic E-state index is 11.7. The van der Waals surface area contributed by atoms with Crippen LogP contribution in [0.1, 0.15) is 37.0 Å². The lowest BCUT2D eigenvalue weighted by atomic mass is 9.81. The summed E-state index contributed by atoms with van der Waals surface area (Å²) in [7, 11) is -2.99. The van der Waals surface area contributed by atoms with Crippen LogP contribution in [0.25, 0.3) is 0 Å². The van der Waals surface area contributed by atoms with Crippen LogP contribution in [0.3, 0.4) is 0 Å². The minimum absolute atomic E-state index is 0.0988. The smallest absolute Gasteiger partial charge is 0.305 e. The number of methoxy groups -OCH3 is 1. The zero-order valence-corrected chi connectivity index (χ0v) is 16.4. The molecule has 0 heterocycles. The fraction of sp³-hybridized carbons (Fsp3) is 0.529. The van der Waals surface area contributed by atoms with Crippen LogP contribution < -0.4 is 0 Å². The first-order valence-electron chi connectivity index (χ1n) is 7.91. The van der Waals surface area contributed by atoms with Gasteiger partial charge in [0.25, 0.3) is 0 Å². The molecule has 0 saturated heterocycles. The molecule has 7 nitrogen and oxygen atoms in total. The van der Waals surface area contributed by atoms with Crippen molar-refractivity contribution < 1.29 is 27.2 Å². The van der Waals surface area contributed by atoms with Gasteiger partial charge in [-0.2, -0.15) is 17.9 Å². The number of nitriles is 1. The topological polar surface area (TPSA) is 117 Å². The molecule has 0 amide bonds. The average Bonchev–Trinajstić information content (AvgIpc) is 2.59. The zero-order valence-electron chi connectivity index (χ0n) is 14.7. The van der Waals surface area contributed by atoms with Gasteiger partial charge in [-0.05, 0) is 37.5 Å². The van der Waals surface area contributed by atoms with Crippen molar-refractivity contribution in [1.29, 1.82) is 5.26 Å². The molecule has 0 bridgehead atoms. The summed E-state index contributed by atoms with van der Waals surface area (Å²) >= 11 is 4.48. The van der Waals surface area contributed by atoms with E-state index in [1.165, 1.54) is 31.4 Å². The van der Waals surface area contributed by atoms with E-state index in [4.69, 9.17) is 9.47 Å².